The van der Waals surface area contributed by atoms with Crippen LogP contribution in [-0.2, 0) is 4.79 Å². The van der Waals surface area contributed by atoms with E-state index in [-0.39, 0.29) is 35.0 Å². The van der Waals surface area contributed by atoms with Crippen LogP contribution in [0.3, 0.4) is 0 Å². The molecule has 16 heavy (non-hydrogen) atoms. The molecule has 0 aromatic rings. The summed E-state index contributed by atoms with van der Waals surface area (Å²) in [7, 11) is 0. The molecule has 2 fully saturated rings. The number of aliphatic carboxylic acids is 1. The first-order valence-corrected chi connectivity index (χ1v) is 5.25. The Morgan fingerprint density at radius 2 is 1.94 bits per heavy atom. The largest absolute Gasteiger partial charge is 1.00 e. The summed E-state index contributed by atoms with van der Waals surface area (Å²) in [6.45, 7) is 5.86. The Labute approximate surface area is 117 Å². The maximum absolute atomic E-state index is 11.4. The molecule has 2 atom stereocenters. The van der Waals surface area contributed by atoms with Gasteiger partial charge < -0.3 is 15.1 Å². The van der Waals surface area contributed by atoms with Crippen LogP contribution < -0.4 is 34.7 Å². The zero-order valence-electron chi connectivity index (χ0n) is 10.3. The number of carbonyl (C=O) groups is 1. The van der Waals surface area contributed by atoms with Gasteiger partial charge in [-0.3, -0.25) is 0 Å². The van der Waals surface area contributed by atoms with Gasteiger partial charge in [0.05, 0.1) is 5.71 Å². The molecule has 0 spiro atoms. The molecule has 0 saturated heterocycles. The zero-order valence-corrected chi connectivity index (χ0v) is 12.3. The number of oxime groups is 1. The van der Waals surface area contributed by atoms with Crippen LogP contribution in [0.1, 0.15) is 40.0 Å². The Balaban J connectivity index is 0.00000128. The van der Waals surface area contributed by atoms with Gasteiger partial charge in [-0.1, -0.05) is 25.9 Å². The fraction of sp³-hybridized carbons (Fsp3) is 0.818. The number of nitrogens with zero attached hydrogens (tertiary/aromatic N) is 1. The van der Waals surface area contributed by atoms with E-state index in [1.165, 1.54) is 0 Å². The molecule has 0 aromatic heterocycles. The van der Waals surface area contributed by atoms with Crippen LogP contribution in [0.25, 0.3) is 0 Å². The van der Waals surface area contributed by atoms with E-state index in [1.54, 1.807) is 0 Å². The van der Waals surface area contributed by atoms with Crippen molar-refractivity contribution in [2.24, 2.45) is 21.4 Å². The Kier molecular flexibility index (Phi) is 3.25. The van der Waals surface area contributed by atoms with Gasteiger partial charge in [0, 0.05) is 23.2 Å². The molecule has 0 radical (unpaired) electrons. The summed E-state index contributed by atoms with van der Waals surface area (Å²) in [5, 5.41) is 23.6. The second-order valence-electron chi connectivity index (χ2n) is 5.55. The normalized spacial score (nSPS) is 42.1. The third-order valence-corrected chi connectivity index (χ3v) is 5.25. The first-order valence-electron chi connectivity index (χ1n) is 5.25. The van der Waals surface area contributed by atoms with E-state index in [9.17, 15) is 9.90 Å². The van der Waals surface area contributed by atoms with Crippen LogP contribution in [0.4, 0.5) is 0 Å². The average Bonchev–Trinajstić information content (AvgIpc) is 2.46. The molecule has 2 saturated carbocycles. The Morgan fingerprint density at radius 1 is 1.38 bits per heavy atom. The van der Waals surface area contributed by atoms with Crippen molar-refractivity contribution >= 4 is 11.7 Å². The minimum atomic E-state index is -1.00. The molecule has 84 valence electrons. The summed E-state index contributed by atoms with van der Waals surface area (Å²) >= 11 is 0. The molecule has 2 aliphatic rings. The molecule has 1 N–H and O–H groups in total. The molecular formula is C11H16NNaO3. The van der Waals surface area contributed by atoms with Gasteiger partial charge in [-0.25, -0.2) is 0 Å². The maximum Gasteiger partial charge on any atom is 1.00 e. The standard InChI is InChI=1S/C11H17NO3.Na/c1-9(2)10(3)4-5-11(9,8(13)14)6-7(10)12-15;/h15H,4-6H2,1-3H3,(H,13,14);/q;+1/p-1. The number of carboxylic acids is 1. The second-order valence-corrected chi connectivity index (χ2v) is 5.55. The molecule has 0 heterocycles. The number of hydrogen-bond donors (Lipinski definition) is 1. The number of rotatable bonds is 1. The Bertz CT molecular complexity index is 366. The minimum absolute atomic E-state index is 0. The van der Waals surface area contributed by atoms with Crippen molar-refractivity contribution in [1.82, 2.24) is 0 Å². The van der Waals surface area contributed by atoms with Crippen molar-refractivity contribution in [1.29, 1.82) is 0 Å². The first kappa shape index (κ1) is 14.0. The zero-order chi connectivity index (χ0) is 11.5. The molecular weight excluding hydrogens is 217 g/mol. The fourth-order valence-electron chi connectivity index (χ4n) is 3.49. The number of carbonyl (C=O) groups excluding carboxylic acids is 1. The van der Waals surface area contributed by atoms with E-state index in [0.29, 0.717) is 18.6 Å². The van der Waals surface area contributed by atoms with Crippen molar-refractivity contribution in [3.8, 4) is 0 Å². The van der Waals surface area contributed by atoms with Crippen molar-refractivity contribution in [3.05, 3.63) is 0 Å². The van der Waals surface area contributed by atoms with Gasteiger partial charge in [-0.05, 0) is 18.3 Å². The van der Waals surface area contributed by atoms with Gasteiger partial charge in [-0.15, -0.1) is 0 Å². The van der Waals surface area contributed by atoms with Crippen LogP contribution in [0.15, 0.2) is 5.16 Å². The molecule has 2 rings (SSSR count). The summed E-state index contributed by atoms with van der Waals surface area (Å²) in [4.78, 5) is 11.4. The maximum atomic E-state index is 11.4. The predicted molar refractivity (Wildman–Crippen MR) is 52.4 cm³/mol. The van der Waals surface area contributed by atoms with Gasteiger partial charge in [-0.2, -0.15) is 0 Å². The summed E-state index contributed by atoms with van der Waals surface area (Å²) < 4.78 is 0. The fourth-order valence-corrected chi connectivity index (χ4v) is 3.49. The summed E-state index contributed by atoms with van der Waals surface area (Å²) in [6, 6.07) is 0. The van der Waals surface area contributed by atoms with Crippen molar-refractivity contribution in [2.75, 3.05) is 0 Å². The van der Waals surface area contributed by atoms with Gasteiger partial charge in [0.25, 0.3) is 0 Å². The van der Waals surface area contributed by atoms with Crippen LogP contribution in [0.2, 0.25) is 0 Å². The quantitative estimate of drug-likeness (QED) is 0.317. The van der Waals surface area contributed by atoms with E-state index >= 15 is 0 Å². The van der Waals surface area contributed by atoms with Gasteiger partial charge in [0.1, 0.15) is 0 Å². The summed E-state index contributed by atoms with van der Waals surface area (Å²) in [5.74, 6) is -1.00. The van der Waals surface area contributed by atoms with Gasteiger partial charge in [0.15, 0.2) is 0 Å². The van der Waals surface area contributed by atoms with Crippen molar-refractivity contribution in [3.63, 3.8) is 0 Å². The monoisotopic (exact) mass is 233 g/mol. The third kappa shape index (κ3) is 1.21. The van der Waals surface area contributed by atoms with E-state index < -0.39 is 16.8 Å². The average molecular weight is 233 g/mol. The number of carboxylic acid groups (broad SMARTS) is 1. The van der Waals surface area contributed by atoms with Crippen LogP contribution in [-0.4, -0.2) is 16.9 Å². The molecule has 2 unspecified atom stereocenters. The molecule has 0 aliphatic heterocycles. The predicted octanol–water partition coefficient (Wildman–Crippen LogP) is -2.21. The SMILES string of the molecule is CC12CCC(C(=O)[O-])(CC1=NO)C2(C)C.[Na+]. The summed E-state index contributed by atoms with van der Waals surface area (Å²) in [6.07, 6.45) is 1.71. The topological polar surface area (TPSA) is 72.7 Å². The molecule has 2 aliphatic carbocycles. The van der Waals surface area contributed by atoms with E-state index in [0.717, 1.165) is 6.42 Å². The molecule has 5 heteroatoms. The Morgan fingerprint density at radius 3 is 2.25 bits per heavy atom. The van der Waals surface area contributed by atoms with Crippen LogP contribution in [0.5, 0.6) is 0 Å². The minimum Gasteiger partial charge on any atom is -0.550 e. The molecule has 2 bridgehead atoms. The number of fused-ring (bicyclic) bond motifs is 2. The van der Waals surface area contributed by atoms with Crippen molar-refractivity contribution in [2.45, 2.75) is 40.0 Å². The Hall–Kier alpha value is -0.0600. The smallest absolute Gasteiger partial charge is 0.550 e. The van der Waals surface area contributed by atoms with Gasteiger partial charge in [0.2, 0.25) is 0 Å². The number of hydrogen-bond acceptors (Lipinski definition) is 4. The molecule has 0 amide bonds. The molecule has 0 aromatic carbocycles. The summed E-state index contributed by atoms with van der Waals surface area (Å²) in [5.41, 5.74) is -0.936. The first-order chi connectivity index (χ1) is 6.82. The van der Waals surface area contributed by atoms with E-state index in [4.69, 9.17) is 5.21 Å². The third-order valence-electron chi connectivity index (χ3n) is 5.25. The van der Waals surface area contributed by atoms with E-state index in [1.807, 2.05) is 20.8 Å². The second kappa shape index (κ2) is 3.72. The molecule has 4 nitrogen and oxygen atoms in total. The van der Waals surface area contributed by atoms with Crippen LogP contribution in [0, 0.1) is 16.2 Å². The van der Waals surface area contributed by atoms with E-state index in [2.05, 4.69) is 5.16 Å². The van der Waals surface area contributed by atoms with Crippen LogP contribution >= 0.6 is 0 Å². The van der Waals surface area contributed by atoms with Crippen molar-refractivity contribution < 1.29 is 44.7 Å². The van der Waals surface area contributed by atoms with Gasteiger partial charge >= 0.3 is 29.6 Å².